The van der Waals surface area contributed by atoms with Crippen molar-refractivity contribution in [1.29, 1.82) is 0 Å². The van der Waals surface area contributed by atoms with Crippen molar-refractivity contribution in [2.24, 2.45) is 5.73 Å². The lowest BCUT2D eigenvalue weighted by atomic mass is 10.2. The third kappa shape index (κ3) is 4.32. The summed E-state index contributed by atoms with van der Waals surface area (Å²) in [5, 5.41) is 2.48. The van der Waals surface area contributed by atoms with Gasteiger partial charge in [0.25, 0.3) is 0 Å². The Hall–Kier alpha value is -1.14. The second kappa shape index (κ2) is 7.24. The normalized spacial score (nSPS) is 19.1. The van der Waals surface area contributed by atoms with Crippen molar-refractivity contribution in [2.75, 3.05) is 32.8 Å². The SMILES string of the molecule is CCN(CC1CCCO1)C(=O)C(=O)NCCN. The van der Waals surface area contributed by atoms with Crippen LogP contribution in [0.15, 0.2) is 0 Å². The van der Waals surface area contributed by atoms with Gasteiger partial charge in [-0.3, -0.25) is 9.59 Å². The zero-order chi connectivity index (χ0) is 12.7. The molecule has 0 aliphatic carbocycles. The quantitative estimate of drug-likeness (QED) is 0.612. The second-order valence-corrected chi connectivity index (χ2v) is 4.02. The fourth-order valence-corrected chi connectivity index (χ4v) is 1.79. The number of hydrogen-bond donors (Lipinski definition) is 2. The number of amides is 2. The highest BCUT2D eigenvalue weighted by Crippen LogP contribution is 2.13. The maximum Gasteiger partial charge on any atom is 0.311 e. The molecule has 1 heterocycles. The van der Waals surface area contributed by atoms with Gasteiger partial charge in [-0.2, -0.15) is 0 Å². The molecular formula is C11H21N3O3. The molecule has 0 aromatic rings. The number of nitrogens with one attached hydrogen (secondary N) is 1. The summed E-state index contributed by atoms with van der Waals surface area (Å²) in [4.78, 5) is 24.8. The maximum atomic E-state index is 11.8. The van der Waals surface area contributed by atoms with Crippen molar-refractivity contribution >= 4 is 11.8 Å². The van der Waals surface area contributed by atoms with Crippen LogP contribution in [0.4, 0.5) is 0 Å². The van der Waals surface area contributed by atoms with Crippen LogP contribution in [-0.4, -0.2) is 55.6 Å². The molecule has 1 aliphatic heterocycles. The van der Waals surface area contributed by atoms with E-state index in [1.165, 1.54) is 4.90 Å². The molecule has 6 nitrogen and oxygen atoms in total. The van der Waals surface area contributed by atoms with Gasteiger partial charge in [-0.15, -0.1) is 0 Å². The molecule has 3 N–H and O–H groups in total. The lowest BCUT2D eigenvalue weighted by Gasteiger charge is -2.23. The Morgan fingerprint density at radius 2 is 2.29 bits per heavy atom. The molecule has 6 heteroatoms. The van der Waals surface area contributed by atoms with E-state index in [2.05, 4.69) is 5.32 Å². The van der Waals surface area contributed by atoms with Crippen LogP contribution in [0, 0.1) is 0 Å². The van der Waals surface area contributed by atoms with Crippen LogP contribution in [0.25, 0.3) is 0 Å². The standard InChI is InChI=1S/C11H21N3O3/c1-2-14(8-9-4-3-7-17-9)11(16)10(15)13-6-5-12/h9H,2-8,12H2,1H3,(H,13,15). The summed E-state index contributed by atoms with van der Waals surface area (Å²) in [6.07, 6.45) is 2.05. The number of nitrogens with zero attached hydrogens (tertiary/aromatic N) is 1. The number of likely N-dealkylation sites (N-methyl/N-ethyl adjacent to an activating group) is 1. The third-order valence-corrected chi connectivity index (χ3v) is 2.74. The van der Waals surface area contributed by atoms with Crippen LogP contribution in [0.1, 0.15) is 19.8 Å². The van der Waals surface area contributed by atoms with Gasteiger partial charge in [0.15, 0.2) is 0 Å². The Morgan fingerprint density at radius 3 is 2.82 bits per heavy atom. The Labute approximate surface area is 101 Å². The van der Waals surface area contributed by atoms with Gasteiger partial charge in [0.05, 0.1) is 6.10 Å². The zero-order valence-electron chi connectivity index (χ0n) is 10.3. The van der Waals surface area contributed by atoms with Gasteiger partial charge in [0, 0.05) is 32.8 Å². The predicted molar refractivity (Wildman–Crippen MR) is 63.3 cm³/mol. The molecule has 2 amide bonds. The smallest absolute Gasteiger partial charge is 0.311 e. The minimum Gasteiger partial charge on any atom is -0.376 e. The molecule has 17 heavy (non-hydrogen) atoms. The number of ether oxygens (including phenoxy) is 1. The monoisotopic (exact) mass is 243 g/mol. The van der Waals surface area contributed by atoms with Crippen molar-refractivity contribution in [3.63, 3.8) is 0 Å². The van der Waals surface area contributed by atoms with Gasteiger partial charge < -0.3 is 20.7 Å². The summed E-state index contributed by atoms with van der Waals surface area (Å²) < 4.78 is 5.45. The highest BCUT2D eigenvalue weighted by Gasteiger charge is 2.25. The average molecular weight is 243 g/mol. The van der Waals surface area contributed by atoms with E-state index >= 15 is 0 Å². The van der Waals surface area contributed by atoms with Crippen molar-refractivity contribution in [1.82, 2.24) is 10.2 Å². The first-order valence-electron chi connectivity index (χ1n) is 6.07. The third-order valence-electron chi connectivity index (χ3n) is 2.74. The molecule has 0 aromatic heterocycles. The summed E-state index contributed by atoms with van der Waals surface area (Å²) in [5.74, 6) is -1.09. The van der Waals surface area contributed by atoms with E-state index < -0.39 is 11.8 Å². The van der Waals surface area contributed by atoms with Crippen molar-refractivity contribution in [3.05, 3.63) is 0 Å². The van der Waals surface area contributed by atoms with Gasteiger partial charge >= 0.3 is 11.8 Å². The highest BCUT2D eigenvalue weighted by atomic mass is 16.5. The number of carbonyl (C=O) groups excluding carboxylic acids is 2. The minimum atomic E-state index is -0.588. The highest BCUT2D eigenvalue weighted by molar-refractivity contribution is 6.35. The number of hydrogen-bond acceptors (Lipinski definition) is 4. The largest absolute Gasteiger partial charge is 0.376 e. The summed E-state index contributed by atoms with van der Waals surface area (Å²) in [6.45, 7) is 4.25. The summed E-state index contributed by atoms with van der Waals surface area (Å²) in [5.41, 5.74) is 5.26. The number of nitrogens with two attached hydrogens (primary N) is 1. The van der Waals surface area contributed by atoms with E-state index in [4.69, 9.17) is 10.5 Å². The zero-order valence-corrected chi connectivity index (χ0v) is 10.3. The molecule has 0 bridgehead atoms. The van der Waals surface area contributed by atoms with E-state index in [0.29, 0.717) is 26.2 Å². The first kappa shape index (κ1) is 13.9. The summed E-state index contributed by atoms with van der Waals surface area (Å²) >= 11 is 0. The van der Waals surface area contributed by atoms with Crippen LogP contribution in [0.3, 0.4) is 0 Å². The van der Waals surface area contributed by atoms with E-state index in [-0.39, 0.29) is 6.10 Å². The van der Waals surface area contributed by atoms with Crippen molar-refractivity contribution in [2.45, 2.75) is 25.9 Å². The van der Waals surface area contributed by atoms with E-state index in [1.54, 1.807) is 0 Å². The fraction of sp³-hybridized carbons (Fsp3) is 0.818. The first-order chi connectivity index (χ1) is 8.19. The van der Waals surface area contributed by atoms with Gasteiger partial charge in [-0.25, -0.2) is 0 Å². The van der Waals surface area contributed by atoms with Gasteiger partial charge in [-0.05, 0) is 19.8 Å². The lowest BCUT2D eigenvalue weighted by molar-refractivity contribution is -0.146. The number of rotatable bonds is 5. The molecule has 1 atom stereocenters. The Kier molecular flexibility index (Phi) is 5.93. The molecule has 0 radical (unpaired) electrons. The van der Waals surface area contributed by atoms with Gasteiger partial charge in [-0.1, -0.05) is 0 Å². The maximum absolute atomic E-state index is 11.8. The predicted octanol–water partition coefficient (Wildman–Crippen LogP) is -0.911. The van der Waals surface area contributed by atoms with Crippen LogP contribution < -0.4 is 11.1 Å². The molecule has 1 fully saturated rings. The van der Waals surface area contributed by atoms with Gasteiger partial charge in [0.2, 0.25) is 0 Å². The van der Waals surface area contributed by atoms with Crippen LogP contribution in [-0.2, 0) is 14.3 Å². The lowest BCUT2D eigenvalue weighted by Crippen LogP contribution is -2.46. The molecule has 0 aromatic carbocycles. The molecular weight excluding hydrogens is 222 g/mol. The Bertz CT molecular complexity index is 265. The van der Waals surface area contributed by atoms with Crippen molar-refractivity contribution < 1.29 is 14.3 Å². The van der Waals surface area contributed by atoms with Crippen LogP contribution in [0.5, 0.6) is 0 Å². The van der Waals surface area contributed by atoms with E-state index in [1.807, 2.05) is 6.92 Å². The second-order valence-electron chi connectivity index (χ2n) is 4.02. The van der Waals surface area contributed by atoms with E-state index in [0.717, 1.165) is 19.4 Å². The molecule has 1 saturated heterocycles. The average Bonchev–Trinajstić information content (AvgIpc) is 2.84. The van der Waals surface area contributed by atoms with Crippen molar-refractivity contribution in [3.8, 4) is 0 Å². The first-order valence-corrected chi connectivity index (χ1v) is 6.07. The van der Waals surface area contributed by atoms with Crippen LogP contribution in [0.2, 0.25) is 0 Å². The Morgan fingerprint density at radius 1 is 1.53 bits per heavy atom. The molecule has 1 unspecified atom stereocenters. The van der Waals surface area contributed by atoms with E-state index in [9.17, 15) is 9.59 Å². The molecule has 1 rings (SSSR count). The molecule has 0 spiro atoms. The van der Waals surface area contributed by atoms with Gasteiger partial charge in [0.1, 0.15) is 0 Å². The summed E-state index contributed by atoms with van der Waals surface area (Å²) in [6, 6.07) is 0. The number of carbonyl (C=O) groups is 2. The fourth-order valence-electron chi connectivity index (χ4n) is 1.79. The van der Waals surface area contributed by atoms with Crippen LogP contribution >= 0.6 is 0 Å². The Balaban J connectivity index is 2.42. The molecule has 0 saturated carbocycles. The topological polar surface area (TPSA) is 84.7 Å². The minimum absolute atomic E-state index is 0.0706. The molecule has 1 aliphatic rings. The summed E-state index contributed by atoms with van der Waals surface area (Å²) in [7, 11) is 0. The molecule has 98 valence electrons.